The molecule has 1 aliphatic heterocycles. The first-order chi connectivity index (χ1) is 15.7. The molecule has 2 aromatic carbocycles. The van der Waals surface area contributed by atoms with Crippen molar-refractivity contribution < 1.29 is 34.1 Å². The van der Waals surface area contributed by atoms with E-state index in [2.05, 4.69) is 26.9 Å². The Kier molecular flexibility index (Phi) is 10.1. The Balaban J connectivity index is 0.000000569. The average Bonchev–Trinajstić information content (AvgIpc) is 2.78. The lowest BCUT2D eigenvalue weighted by Gasteiger charge is -2.35. The van der Waals surface area contributed by atoms with Crippen molar-refractivity contribution in [2.75, 3.05) is 39.9 Å². The van der Waals surface area contributed by atoms with Crippen molar-refractivity contribution in [3.8, 4) is 11.5 Å². The van der Waals surface area contributed by atoms with Crippen molar-refractivity contribution in [2.45, 2.75) is 13.5 Å². The Morgan fingerprint density at radius 1 is 1.00 bits per heavy atom. The first-order valence-corrected chi connectivity index (χ1v) is 11.0. The zero-order valence-electron chi connectivity index (χ0n) is 18.5. The van der Waals surface area contributed by atoms with Gasteiger partial charge in [0.05, 0.1) is 7.11 Å². The van der Waals surface area contributed by atoms with E-state index in [0.717, 1.165) is 46.7 Å². The second-order valence-corrected chi connectivity index (χ2v) is 8.24. The Morgan fingerprint density at radius 2 is 1.67 bits per heavy atom. The number of piperazine rings is 1. The number of benzene rings is 2. The van der Waals surface area contributed by atoms with Crippen LogP contribution in [-0.4, -0.2) is 77.8 Å². The number of hydrogen-bond donors (Lipinski definition) is 2. The normalized spacial score (nSPS) is 13.5. The van der Waals surface area contributed by atoms with Crippen LogP contribution in [-0.2, 0) is 20.9 Å². The van der Waals surface area contributed by atoms with Gasteiger partial charge in [-0.1, -0.05) is 28.1 Å². The van der Waals surface area contributed by atoms with Gasteiger partial charge < -0.3 is 24.6 Å². The number of halogens is 1. The first kappa shape index (κ1) is 26.1. The molecule has 0 aliphatic carbocycles. The van der Waals surface area contributed by atoms with E-state index >= 15 is 0 Å². The summed E-state index contributed by atoms with van der Waals surface area (Å²) in [6.07, 6.45) is 0. The van der Waals surface area contributed by atoms with Crippen LogP contribution in [0.2, 0.25) is 0 Å². The maximum atomic E-state index is 12.4. The van der Waals surface area contributed by atoms with Crippen molar-refractivity contribution in [1.29, 1.82) is 0 Å². The summed E-state index contributed by atoms with van der Waals surface area (Å²) >= 11 is 3.52. The Hall–Kier alpha value is -3.11. The highest BCUT2D eigenvalue weighted by molar-refractivity contribution is 9.10. The van der Waals surface area contributed by atoms with Crippen LogP contribution in [0.3, 0.4) is 0 Å². The number of carbonyl (C=O) groups is 3. The molecule has 0 atom stereocenters. The molecule has 2 N–H and O–H groups in total. The SMILES string of the molecule is COc1ccc(Br)cc1CN1CCN(C(=O)COc2cccc(C)c2)CC1.O=C(O)C(=O)O. The largest absolute Gasteiger partial charge is 0.496 e. The van der Waals surface area contributed by atoms with Crippen LogP contribution < -0.4 is 9.47 Å². The van der Waals surface area contributed by atoms with Gasteiger partial charge in [0.1, 0.15) is 11.5 Å². The summed E-state index contributed by atoms with van der Waals surface area (Å²) < 4.78 is 12.1. The fourth-order valence-corrected chi connectivity index (χ4v) is 3.62. The number of carboxylic acid groups (broad SMARTS) is 2. The zero-order valence-corrected chi connectivity index (χ0v) is 20.1. The van der Waals surface area contributed by atoms with Crippen molar-refractivity contribution in [3.63, 3.8) is 0 Å². The third-order valence-corrected chi connectivity index (χ3v) is 5.39. The summed E-state index contributed by atoms with van der Waals surface area (Å²) in [5, 5.41) is 14.8. The van der Waals surface area contributed by atoms with Crippen LogP contribution in [0.25, 0.3) is 0 Å². The average molecular weight is 523 g/mol. The molecule has 9 nitrogen and oxygen atoms in total. The molecule has 1 aliphatic rings. The maximum Gasteiger partial charge on any atom is 0.414 e. The minimum Gasteiger partial charge on any atom is -0.496 e. The quantitative estimate of drug-likeness (QED) is 0.556. The van der Waals surface area contributed by atoms with Crippen LogP contribution in [0.1, 0.15) is 11.1 Å². The van der Waals surface area contributed by atoms with E-state index in [4.69, 9.17) is 29.3 Å². The lowest BCUT2D eigenvalue weighted by atomic mass is 10.1. The summed E-state index contributed by atoms with van der Waals surface area (Å²) in [5.41, 5.74) is 2.27. The molecule has 1 fully saturated rings. The molecule has 0 saturated carbocycles. The Labute approximate surface area is 200 Å². The van der Waals surface area contributed by atoms with Crippen LogP contribution in [0.15, 0.2) is 46.9 Å². The van der Waals surface area contributed by atoms with E-state index in [1.165, 1.54) is 0 Å². The van der Waals surface area contributed by atoms with Gasteiger partial charge in [-0.3, -0.25) is 9.69 Å². The Bertz CT molecular complexity index is 963. The fourth-order valence-electron chi connectivity index (χ4n) is 3.21. The number of aliphatic carboxylic acids is 2. The summed E-state index contributed by atoms with van der Waals surface area (Å²) in [4.78, 5) is 34.8. The molecule has 1 heterocycles. The van der Waals surface area contributed by atoms with Gasteiger partial charge in [-0.05, 0) is 42.8 Å². The van der Waals surface area contributed by atoms with Crippen LogP contribution in [0.4, 0.5) is 0 Å². The van der Waals surface area contributed by atoms with E-state index in [-0.39, 0.29) is 12.5 Å². The lowest BCUT2D eigenvalue weighted by Crippen LogP contribution is -2.49. The van der Waals surface area contributed by atoms with E-state index in [9.17, 15) is 4.79 Å². The molecule has 0 spiro atoms. The van der Waals surface area contributed by atoms with E-state index in [0.29, 0.717) is 13.1 Å². The maximum absolute atomic E-state index is 12.4. The van der Waals surface area contributed by atoms with Gasteiger partial charge in [-0.15, -0.1) is 0 Å². The predicted molar refractivity (Wildman–Crippen MR) is 124 cm³/mol. The minimum absolute atomic E-state index is 0.0381. The molecule has 33 heavy (non-hydrogen) atoms. The number of carboxylic acids is 2. The summed E-state index contributed by atoms with van der Waals surface area (Å²) in [7, 11) is 1.69. The van der Waals surface area contributed by atoms with E-state index < -0.39 is 11.9 Å². The number of rotatable bonds is 6. The van der Waals surface area contributed by atoms with E-state index in [1.54, 1.807) is 7.11 Å². The molecule has 0 unspecified atom stereocenters. The second-order valence-electron chi connectivity index (χ2n) is 7.33. The topological polar surface area (TPSA) is 117 Å². The number of hydrogen-bond acceptors (Lipinski definition) is 6. The van der Waals surface area contributed by atoms with Crippen LogP contribution >= 0.6 is 15.9 Å². The first-order valence-electron chi connectivity index (χ1n) is 10.2. The number of amides is 1. The molecule has 10 heteroatoms. The minimum atomic E-state index is -1.82. The van der Waals surface area contributed by atoms with Gasteiger partial charge in [0.25, 0.3) is 5.91 Å². The third-order valence-electron chi connectivity index (χ3n) is 4.90. The summed E-state index contributed by atoms with van der Waals surface area (Å²) in [6, 6.07) is 13.8. The smallest absolute Gasteiger partial charge is 0.414 e. The van der Waals surface area contributed by atoms with Gasteiger partial charge in [0.15, 0.2) is 6.61 Å². The number of nitrogens with zero attached hydrogens (tertiary/aromatic N) is 2. The molecular weight excluding hydrogens is 496 g/mol. The molecular formula is C23H27BrN2O7. The highest BCUT2D eigenvalue weighted by Gasteiger charge is 2.22. The van der Waals surface area contributed by atoms with Crippen LogP contribution in [0.5, 0.6) is 11.5 Å². The highest BCUT2D eigenvalue weighted by atomic mass is 79.9. The van der Waals surface area contributed by atoms with Gasteiger partial charge in [0.2, 0.25) is 0 Å². The van der Waals surface area contributed by atoms with Crippen LogP contribution in [0, 0.1) is 6.92 Å². The van der Waals surface area contributed by atoms with E-state index in [1.807, 2.05) is 48.2 Å². The number of carbonyl (C=O) groups excluding carboxylic acids is 1. The molecule has 0 bridgehead atoms. The predicted octanol–water partition coefficient (Wildman–Crippen LogP) is 2.64. The number of aryl methyl sites for hydroxylation is 1. The number of methoxy groups -OCH3 is 1. The lowest BCUT2D eigenvalue weighted by molar-refractivity contribution is -0.159. The van der Waals surface area contributed by atoms with Gasteiger partial charge in [-0.25, -0.2) is 9.59 Å². The van der Waals surface area contributed by atoms with Crippen molar-refractivity contribution in [3.05, 3.63) is 58.1 Å². The van der Waals surface area contributed by atoms with Crippen molar-refractivity contribution in [1.82, 2.24) is 9.80 Å². The van der Waals surface area contributed by atoms with Crippen molar-refractivity contribution in [2.24, 2.45) is 0 Å². The molecule has 1 amide bonds. The number of ether oxygens (including phenoxy) is 2. The zero-order chi connectivity index (χ0) is 24.4. The van der Waals surface area contributed by atoms with Gasteiger partial charge >= 0.3 is 11.9 Å². The molecule has 0 aromatic heterocycles. The monoisotopic (exact) mass is 522 g/mol. The molecule has 0 radical (unpaired) electrons. The highest BCUT2D eigenvalue weighted by Crippen LogP contribution is 2.24. The molecule has 3 rings (SSSR count). The third kappa shape index (κ3) is 8.74. The summed E-state index contributed by atoms with van der Waals surface area (Å²) in [6.45, 7) is 6.01. The standard InChI is InChI=1S/C21H25BrN2O3.C2H2O4/c1-16-4-3-5-19(12-16)27-15-21(25)24-10-8-23(9-11-24)14-17-13-18(22)6-7-20(17)26-2;3-1(4)2(5)6/h3-7,12-13H,8-11,14-15H2,1-2H3;(H,3,4)(H,5,6). The van der Waals surface area contributed by atoms with Gasteiger partial charge in [0, 0.05) is 42.8 Å². The second kappa shape index (κ2) is 12.8. The Morgan fingerprint density at radius 3 is 2.24 bits per heavy atom. The molecule has 2 aromatic rings. The molecule has 1 saturated heterocycles. The summed E-state index contributed by atoms with van der Waals surface area (Å²) in [5.74, 6) is -1.98. The van der Waals surface area contributed by atoms with Gasteiger partial charge in [-0.2, -0.15) is 0 Å². The van der Waals surface area contributed by atoms with Crippen molar-refractivity contribution >= 4 is 33.8 Å². The molecule has 178 valence electrons. The fraction of sp³-hybridized carbons (Fsp3) is 0.348.